The lowest BCUT2D eigenvalue weighted by molar-refractivity contribution is 0.0520. The molecule has 1 N–H and O–H groups in total. The van der Waals surface area contributed by atoms with E-state index in [2.05, 4.69) is 36.0 Å². The molecule has 18 heavy (non-hydrogen) atoms. The number of rotatable bonds is 4. The molecule has 3 heteroatoms. The third kappa shape index (κ3) is 3.46. The van der Waals surface area contributed by atoms with Crippen LogP contribution < -0.4 is 5.32 Å². The minimum absolute atomic E-state index is 0.721. The van der Waals surface area contributed by atoms with Crippen LogP contribution >= 0.6 is 0 Å². The molecule has 0 radical (unpaired) electrons. The first-order chi connectivity index (χ1) is 8.74. The Kier molecular flexibility index (Phi) is 5.46. The largest absolute Gasteiger partial charge is 0.315 e. The second-order valence-corrected chi connectivity index (χ2v) is 6.26. The topological polar surface area (TPSA) is 18.5 Å². The first-order valence-electron chi connectivity index (χ1n) is 7.88. The van der Waals surface area contributed by atoms with Crippen LogP contribution in [-0.4, -0.2) is 61.7 Å². The van der Waals surface area contributed by atoms with E-state index in [0.29, 0.717) is 0 Å². The molecule has 3 nitrogen and oxygen atoms in total. The van der Waals surface area contributed by atoms with Crippen molar-refractivity contribution in [1.29, 1.82) is 0 Å². The highest BCUT2D eigenvalue weighted by Crippen LogP contribution is 2.28. The van der Waals surface area contributed by atoms with E-state index in [9.17, 15) is 0 Å². The Hall–Kier alpha value is -0.120. The Labute approximate surface area is 113 Å². The number of hydrogen-bond donors (Lipinski definition) is 1. The average Bonchev–Trinajstić information content (AvgIpc) is 2.40. The fourth-order valence-corrected chi connectivity index (χ4v) is 3.73. The number of hydrogen-bond acceptors (Lipinski definition) is 3. The average molecular weight is 253 g/mol. The third-order valence-electron chi connectivity index (χ3n) is 4.87. The molecule has 0 spiro atoms. The predicted octanol–water partition coefficient (Wildman–Crippen LogP) is 1.79. The molecule has 0 amide bonds. The molecule has 3 atom stereocenters. The molecule has 106 valence electrons. The Morgan fingerprint density at radius 2 is 1.83 bits per heavy atom. The molecular weight excluding hydrogens is 222 g/mol. The maximum Gasteiger partial charge on any atom is 0.0252 e. The van der Waals surface area contributed by atoms with Gasteiger partial charge in [-0.2, -0.15) is 0 Å². The maximum absolute atomic E-state index is 3.55. The quantitative estimate of drug-likeness (QED) is 0.824. The molecule has 1 aliphatic carbocycles. The monoisotopic (exact) mass is 253 g/mol. The van der Waals surface area contributed by atoms with Crippen LogP contribution in [0.2, 0.25) is 0 Å². The first kappa shape index (κ1) is 14.3. The van der Waals surface area contributed by atoms with Crippen molar-refractivity contribution < 1.29 is 0 Å². The second kappa shape index (κ2) is 6.88. The molecule has 0 aromatic rings. The van der Waals surface area contributed by atoms with E-state index in [1.54, 1.807) is 0 Å². The highest BCUT2D eigenvalue weighted by molar-refractivity contribution is 4.91. The standard InChI is InChI=1S/C15H31N3/c1-4-7-17-8-10-18(11-9-17)15-12-13(2)5-6-14(15)16-3/h13-16H,4-12H2,1-3H3. The van der Waals surface area contributed by atoms with Crippen LogP contribution in [0.3, 0.4) is 0 Å². The summed E-state index contributed by atoms with van der Waals surface area (Å²) in [6.45, 7) is 11.1. The van der Waals surface area contributed by atoms with Gasteiger partial charge in [0.2, 0.25) is 0 Å². The van der Waals surface area contributed by atoms with E-state index in [0.717, 1.165) is 18.0 Å². The molecule has 0 aromatic carbocycles. The molecule has 1 heterocycles. The van der Waals surface area contributed by atoms with E-state index in [1.807, 2.05) is 0 Å². The molecule has 0 aromatic heterocycles. The first-order valence-corrected chi connectivity index (χ1v) is 7.88. The molecule has 1 saturated heterocycles. The summed E-state index contributed by atoms with van der Waals surface area (Å²) in [4.78, 5) is 5.38. The summed E-state index contributed by atoms with van der Waals surface area (Å²) >= 11 is 0. The van der Waals surface area contributed by atoms with E-state index < -0.39 is 0 Å². The number of likely N-dealkylation sites (N-methyl/N-ethyl adjacent to an activating group) is 1. The van der Waals surface area contributed by atoms with Crippen molar-refractivity contribution in [3.8, 4) is 0 Å². The Morgan fingerprint density at radius 1 is 1.11 bits per heavy atom. The van der Waals surface area contributed by atoms with Crippen molar-refractivity contribution >= 4 is 0 Å². The highest BCUT2D eigenvalue weighted by atomic mass is 15.3. The lowest BCUT2D eigenvalue weighted by Gasteiger charge is -2.45. The van der Waals surface area contributed by atoms with E-state index in [1.165, 1.54) is 58.4 Å². The lowest BCUT2D eigenvalue weighted by atomic mass is 9.82. The van der Waals surface area contributed by atoms with Crippen LogP contribution in [0.5, 0.6) is 0 Å². The van der Waals surface area contributed by atoms with Gasteiger partial charge in [0.05, 0.1) is 0 Å². The van der Waals surface area contributed by atoms with Gasteiger partial charge in [0.25, 0.3) is 0 Å². The molecule has 1 aliphatic heterocycles. The zero-order valence-electron chi connectivity index (χ0n) is 12.5. The van der Waals surface area contributed by atoms with Crippen LogP contribution in [0, 0.1) is 5.92 Å². The Balaban J connectivity index is 1.86. The fourth-order valence-electron chi connectivity index (χ4n) is 3.73. The normalized spacial score (nSPS) is 35.8. The minimum atomic E-state index is 0.721. The van der Waals surface area contributed by atoms with Gasteiger partial charge < -0.3 is 10.2 Å². The Morgan fingerprint density at radius 3 is 2.44 bits per heavy atom. The van der Waals surface area contributed by atoms with Crippen LogP contribution in [0.4, 0.5) is 0 Å². The summed E-state index contributed by atoms with van der Waals surface area (Å²) in [5, 5.41) is 3.55. The van der Waals surface area contributed by atoms with Crippen molar-refractivity contribution in [2.75, 3.05) is 39.8 Å². The zero-order chi connectivity index (χ0) is 13.0. The number of piperazine rings is 1. The van der Waals surface area contributed by atoms with Crippen molar-refractivity contribution in [2.24, 2.45) is 5.92 Å². The van der Waals surface area contributed by atoms with Gasteiger partial charge in [-0.3, -0.25) is 4.90 Å². The summed E-state index contributed by atoms with van der Waals surface area (Å²) in [5.41, 5.74) is 0. The van der Waals surface area contributed by atoms with Crippen LogP contribution in [0.25, 0.3) is 0 Å². The van der Waals surface area contributed by atoms with Crippen molar-refractivity contribution in [3.63, 3.8) is 0 Å². The van der Waals surface area contributed by atoms with Crippen LogP contribution in [-0.2, 0) is 0 Å². The second-order valence-electron chi connectivity index (χ2n) is 6.26. The minimum Gasteiger partial charge on any atom is -0.315 e. The van der Waals surface area contributed by atoms with Gasteiger partial charge in [-0.15, -0.1) is 0 Å². The summed E-state index contributed by atoms with van der Waals surface area (Å²) in [6.07, 6.45) is 5.44. The molecular formula is C15H31N3. The number of nitrogens with one attached hydrogen (secondary N) is 1. The summed E-state index contributed by atoms with van der Waals surface area (Å²) < 4.78 is 0. The Bertz CT molecular complexity index is 236. The van der Waals surface area contributed by atoms with E-state index in [4.69, 9.17) is 0 Å². The third-order valence-corrected chi connectivity index (χ3v) is 4.87. The van der Waals surface area contributed by atoms with Gasteiger partial charge in [-0.25, -0.2) is 0 Å². The van der Waals surface area contributed by atoms with Crippen molar-refractivity contribution in [3.05, 3.63) is 0 Å². The van der Waals surface area contributed by atoms with Gasteiger partial charge in [0, 0.05) is 38.3 Å². The fraction of sp³-hybridized carbons (Fsp3) is 1.00. The van der Waals surface area contributed by atoms with Gasteiger partial charge in [-0.05, 0) is 45.2 Å². The molecule has 2 rings (SSSR count). The molecule has 2 aliphatic rings. The smallest absolute Gasteiger partial charge is 0.0252 e. The molecule has 3 unspecified atom stereocenters. The maximum atomic E-state index is 3.55. The molecule has 0 bridgehead atoms. The molecule has 1 saturated carbocycles. The van der Waals surface area contributed by atoms with Crippen molar-refractivity contribution in [1.82, 2.24) is 15.1 Å². The predicted molar refractivity (Wildman–Crippen MR) is 78.0 cm³/mol. The molecule has 2 fully saturated rings. The van der Waals surface area contributed by atoms with Crippen LogP contribution in [0.15, 0.2) is 0 Å². The SMILES string of the molecule is CCCN1CCN(C2CC(C)CCC2NC)CC1. The number of nitrogens with zero attached hydrogens (tertiary/aromatic N) is 2. The zero-order valence-corrected chi connectivity index (χ0v) is 12.5. The lowest BCUT2D eigenvalue weighted by Crippen LogP contribution is -2.57. The highest BCUT2D eigenvalue weighted by Gasteiger charge is 2.33. The van der Waals surface area contributed by atoms with E-state index in [-0.39, 0.29) is 0 Å². The summed E-state index contributed by atoms with van der Waals surface area (Å²) in [7, 11) is 2.14. The van der Waals surface area contributed by atoms with Gasteiger partial charge >= 0.3 is 0 Å². The van der Waals surface area contributed by atoms with Crippen molar-refractivity contribution in [2.45, 2.75) is 51.6 Å². The van der Waals surface area contributed by atoms with Crippen LogP contribution in [0.1, 0.15) is 39.5 Å². The van der Waals surface area contributed by atoms with Gasteiger partial charge in [0.15, 0.2) is 0 Å². The summed E-state index contributed by atoms with van der Waals surface area (Å²) in [6, 6.07) is 1.50. The van der Waals surface area contributed by atoms with E-state index >= 15 is 0 Å². The van der Waals surface area contributed by atoms with Gasteiger partial charge in [0.1, 0.15) is 0 Å². The summed E-state index contributed by atoms with van der Waals surface area (Å²) in [5.74, 6) is 0.910. The van der Waals surface area contributed by atoms with Gasteiger partial charge in [-0.1, -0.05) is 13.8 Å².